The van der Waals surface area contributed by atoms with Crippen molar-refractivity contribution < 1.29 is 21.6 Å². The summed E-state index contributed by atoms with van der Waals surface area (Å²) in [4.78, 5) is 9.64. The molecular weight excluding hydrogens is 377 g/mol. The van der Waals surface area contributed by atoms with Crippen LogP contribution < -0.4 is 4.90 Å². The Morgan fingerprint density at radius 3 is 2.36 bits per heavy atom. The zero-order valence-electron chi connectivity index (χ0n) is 13.2. The number of sulfonamides is 1. The van der Waals surface area contributed by atoms with E-state index in [1.54, 1.807) is 17.0 Å². The van der Waals surface area contributed by atoms with Gasteiger partial charge in [-0.15, -0.1) is 11.3 Å². The van der Waals surface area contributed by atoms with Gasteiger partial charge in [0.1, 0.15) is 22.0 Å². The fourth-order valence-electron chi connectivity index (χ4n) is 2.51. The van der Waals surface area contributed by atoms with Crippen LogP contribution in [0.1, 0.15) is 10.6 Å². The maximum Gasteiger partial charge on any atom is 0.433 e. The largest absolute Gasteiger partial charge is 0.433 e. The van der Waals surface area contributed by atoms with Gasteiger partial charge < -0.3 is 4.90 Å². The van der Waals surface area contributed by atoms with E-state index in [1.165, 1.54) is 15.6 Å². The lowest BCUT2D eigenvalue weighted by Gasteiger charge is -2.34. The van der Waals surface area contributed by atoms with E-state index in [1.807, 2.05) is 6.92 Å². The van der Waals surface area contributed by atoms with Crippen LogP contribution >= 0.6 is 11.3 Å². The molecule has 2 aromatic heterocycles. The van der Waals surface area contributed by atoms with Crippen molar-refractivity contribution in [3.8, 4) is 0 Å². The molecule has 0 aromatic carbocycles. The van der Waals surface area contributed by atoms with Crippen LogP contribution in [0.5, 0.6) is 0 Å². The molecule has 0 aliphatic carbocycles. The molecule has 136 valence electrons. The molecule has 0 bridgehead atoms. The molecule has 0 radical (unpaired) electrons. The fourth-order valence-corrected chi connectivity index (χ4v) is 5.37. The molecule has 1 saturated heterocycles. The molecule has 0 atom stereocenters. The molecular formula is C14H15F3N4O2S2. The van der Waals surface area contributed by atoms with E-state index >= 15 is 0 Å². The highest BCUT2D eigenvalue weighted by atomic mass is 32.2. The number of aromatic nitrogens is 2. The second-order valence-electron chi connectivity index (χ2n) is 5.52. The Balaban J connectivity index is 1.72. The molecule has 6 nitrogen and oxygen atoms in total. The number of halogens is 3. The highest BCUT2D eigenvalue weighted by Crippen LogP contribution is 2.30. The lowest BCUT2D eigenvalue weighted by atomic mass is 10.3. The van der Waals surface area contributed by atoms with Crippen molar-refractivity contribution in [3.05, 3.63) is 35.1 Å². The van der Waals surface area contributed by atoms with Crippen molar-refractivity contribution in [3.63, 3.8) is 0 Å². The van der Waals surface area contributed by atoms with Crippen LogP contribution in [0.25, 0.3) is 0 Å². The van der Waals surface area contributed by atoms with E-state index in [2.05, 4.69) is 9.97 Å². The highest BCUT2D eigenvalue weighted by Gasteiger charge is 2.34. The van der Waals surface area contributed by atoms with Crippen molar-refractivity contribution in [2.45, 2.75) is 17.3 Å². The van der Waals surface area contributed by atoms with Crippen LogP contribution in [-0.4, -0.2) is 48.9 Å². The minimum absolute atomic E-state index is 0.145. The maximum absolute atomic E-state index is 12.7. The number of thiophene rings is 1. The zero-order chi connectivity index (χ0) is 18.2. The van der Waals surface area contributed by atoms with Gasteiger partial charge in [0.25, 0.3) is 10.0 Å². The number of alkyl halides is 3. The minimum Gasteiger partial charge on any atom is -0.354 e. The lowest BCUT2D eigenvalue weighted by Crippen LogP contribution is -2.48. The third-order valence-electron chi connectivity index (χ3n) is 3.82. The Morgan fingerprint density at radius 2 is 1.80 bits per heavy atom. The van der Waals surface area contributed by atoms with E-state index in [0.717, 1.165) is 17.3 Å². The second-order valence-corrected chi connectivity index (χ2v) is 8.97. The predicted octanol–water partition coefficient (Wildman–Crippen LogP) is 2.38. The number of rotatable bonds is 3. The van der Waals surface area contributed by atoms with Gasteiger partial charge in [-0.1, -0.05) is 0 Å². The molecule has 2 aromatic rings. The minimum atomic E-state index is -4.54. The molecule has 1 aliphatic rings. The number of hydrogen-bond acceptors (Lipinski definition) is 6. The summed E-state index contributed by atoms with van der Waals surface area (Å²) >= 11 is 1.20. The number of anilines is 1. The van der Waals surface area contributed by atoms with Gasteiger partial charge >= 0.3 is 6.18 Å². The van der Waals surface area contributed by atoms with Crippen LogP contribution in [0, 0.1) is 6.92 Å². The van der Waals surface area contributed by atoms with Crippen molar-refractivity contribution in [2.24, 2.45) is 0 Å². The number of piperazine rings is 1. The first-order valence-electron chi connectivity index (χ1n) is 7.39. The van der Waals surface area contributed by atoms with Gasteiger partial charge in [-0.25, -0.2) is 18.4 Å². The maximum atomic E-state index is 12.7. The SMILES string of the molecule is Cc1ccc(S(=O)(=O)N2CCN(c3cc(C(F)(F)F)ncn3)CC2)s1. The third kappa shape index (κ3) is 3.77. The summed E-state index contributed by atoms with van der Waals surface area (Å²) < 4.78 is 65.0. The molecule has 0 amide bonds. The number of nitrogens with zero attached hydrogens (tertiary/aromatic N) is 4. The summed E-state index contributed by atoms with van der Waals surface area (Å²) in [5.41, 5.74) is -1.01. The highest BCUT2D eigenvalue weighted by molar-refractivity contribution is 7.91. The third-order valence-corrected chi connectivity index (χ3v) is 7.18. The quantitative estimate of drug-likeness (QED) is 0.802. The van der Waals surface area contributed by atoms with E-state index in [4.69, 9.17) is 0 Å². The Labute approximate surface area is 147 Å². The van der Waals surface area contributed by atoms with Gasteiger partial charge in [-0.05, 0) is 19.1 Å². The average molecular weight is 392 g/mol. The van der Waals surface area contributed by atoms with E-state index in [9.17, 15) is 21.6 Å². The normalized spacial score (nSPS) is 17.0. The summed E-state index contributed by atoms with van der Waals surface area (Å²) in [5.74, 6) is 0.145. The molecule has 25 heavy (non-hydrogen) atoms. The molecule has 0 N–H and O–H groups in total. The van der Waals surface area contributed by atoms with Crippen LogP contribution in [0.15, 0.2) is 28.7 Å². The Kier molecular flexibility index (Phi) is 4.73. The van der Waals surface area contributed by atoms with Crippen molar-refractivity contribution in [2.75, 3.05) is 31.1 Å². The van der Waals surface area contributed by atoms with E-state index in [0.29, 0.717) is 0 Å². The topological polar surface area (TPSA) is 66.4 Å². The van der Waals surface area contributed by atoms with Crippen LogP contribution in [0.2, 0.25) is 0 Å². The van der Waals surface area contributed by atoms with Crippen molar-refractivity contribution in [1.29, 1.82) is 0 Å². The Morgan fingerprint density at radius 1 is 1.12 bits per heavy atom. The smallest absolute Gasteiger partial charge is 0.354 e. The monoisotopic (exact) mass is 392 g/mol. The fraction of sp³-hybridized carbons (Fsp3) is 0.429. The Bertz CT molecular complexity index is 859. The first kappa shape index (κ1) is 18.1. The second kappa shape index (κ2) is 6.54. The van der Waals surface area contributed by atoms with Gasteiger partial charge in [-0.3, -0.25) is 0 Å². The molecule has 3 rings (SSSR count). The predicted molar refractivity (Wildman–Crippen MR) is 87.1 cm³/mol. The Hall–Kier alpha value is -1.72. The molecule has 1 fully saturated rings. The van der Waals surface area contributed by atoms with Crippen molar-refractivity contribution in [1.82, 2.24) is 14.3 Å². The summed E-state index contributed by atoms with van der Waals surface area (Å²) in [6, 6.07) is 4.20. The van der Waals surface area contributed by atoms with Crippen molar-refractivity contribution >= 4 is 27.2 Å². The average Bonchev–Trinajstić information content (AvgIpc) is 3.02. The summed E-state index contributed by atoms with van der Waals surface area (Å²) in [5, 5.41) is 0. The zero-order valence-corrected chi connectivity index (χ0v) is 14.8. The summed E-state index contributed by atoms with van der Waals surface area (Å²) in [6.45, 7) is 2.72. The van der Waals surface area contributed by atoms with Gasteiger partial charge in [0.15, 0.2) is 0 Å². The van der Waals surface area contributed by atoms with E-state index < -0.39 is 21.9 Å². The van der Waals surface area contributed by atoms with Gasteiger partial charge in [0, 0.05) is 37.1 Å². The first-order valence-corrected chi connectivity index (χ1v) is 9.64. The van der Waals surface area contributed by atoms with Gasteiger partial charge in [0.05, 0.1) is 0 Å². The summed E-state index contributed by atoms with van der Waals surface area (Å²) in [7, 11) is -3.57. The number of hydrogen-bond donors (Lipinski definition) is 0. The van der Waals surface area contributed by atoms with Crippen LogP contribution in [0.4, 0.5) is 19.0 Å². The first-order chi connectivity index (χ1) is 11.7. The molecule has 11 heteroatoms. The molecule has 3 heterocycles. The van der Waals surface area contributed by atoms with Gasteiger partial charge in [0.2, 0.25) is 0 Å². The van der Waals surface area contributed by atoms with Gasteiger partial charge in [-0.2, -0.15) is 17.5 Å². The molecule has 1 aliphatic heterocycles. The molecule has 0 spiro atoms. The lowest BCUT2D eigenvalue weighted by molar-refractivity contribution is -0.141. The van der Waals surface area contributed by atoms with Crippen LogP contribution in [0.3, 0.4) is 0 Å². The standard InChI is InChI=1S/C14H15F3N4O2S2/c1-10-2-3-13(24-10)25(22,23)21-6-4-20(5-7-21)12-8-11(14(15,16)17)18-9-19-12/h2-3,8-9H,4-7H2,1H3. The van der Waals surface area contributed by atoms with E-state index in [-0.39, 0.29) is 36.2 Å². The summed E-state index contributed by atoms with van der Waals surface area (Å²) in [6.07, 6.45) is -3.67. The molecule has 0 saturated carbocycles. The molecule has 0 unspecified atom stereocenters. The van der Waals surface area contributed by atoms with Crippen LogP contribution in [-0.2, 0) is 16.2 Å². The number of aryl methyl sites for hydroxylation is 1.